The van der Waals surface area contributed by atoms with Crippen LogP contribution in [0.1, 0.15) is 0 Å². The van der Waals surface area contributed by atoms with Gasteiger partial charge in [-0.3, -0.25) is 4.79 Å². The summed E-state index contributed by atoms with van der Waals surface area (Å²) in [6.07, 6.45) is 1.66. The monoisotopic (exact) mass is 252 g/mol. The zero-order chi connectivity index (χ0) is 13.2. The molecule has 0 aliphatic carbocycles. The van der Waals surface area contributed by atoms with Crippen molar-refractivity contribution in [1.82, 2.24) is 9.97 Å². The third kappa shape index (κ3) is 2.08. The summed E-state index contributed by atoms with van der Waals surface area (Å²) >= 11 is 0. The predicted molar refractivity (Wildman–Crippen MR) is 74.4 cm³/mol. The largest absolute Gasteiger partial charge is 0.497 e. The molecule has 0 unspecified atom stereocenters. The number of rotatable bonds is 2. The number of aromatic amines is 1. The summed E-state index contributed by atoms with van der Waals surface area (Å²) in [4.78, 5) is 19.4. The van der Waals surface area contributed by atoms with E-state index in [4.69, 9.17) is 4.74 Å². The molecule has 0 bridgehead atoms. The fourth-order valence-corrected chi connectivity index (χ4v) is 2.00. The lowest BCUT2D eigenvalue weighted by Crippen LogP contribution is -2.03. The van der Waals surface area contributed by atoms with Crippen LogP contribution in [0, 0.1) is 0 Å². The first-order valence-electron chi connectivity index (χ1n) is 5.90. The van der Waals surface area contributed by atoms with Crippen LogP contribution in [0.2, 0.25) is 0 Å². The van der Waals surface area contributed by atoms with Crippen molar-refractivity contribution in [3.63, 3.8) is 0 Å². The lowest BCUT2D eigenvalue weighted by Gasteiger charge is -2.05. The average molecular weight is 252 g/mol. The molecule has 1 N–H and O–H groups in total. The second kappa shape index (κ2) is 4.57. The molecule has 2 heterocycles. The topological polar surface area (TPSA) is 55.0 Å². The summed E-state index contributed by atoms with van der Waals surface area (Å²) < 4.78 is 5.11. The van der Waals surface area contributed by atoms with E-state index < -0.39 is 0 Å². The number of benzene rings is 1. The van der Waals surface area contributed by atoms with E-state index in [1.807, 2.05) is 24.3 Å². The van der Waals surface area contributed by atoms with E-state index in [1.54, 1.807) is 31.5 Å². The van der Waals surface area contributed by atoms with Gasteiger partial charge in [0, 0.05) is 12.3 Å². The molecule has 94 valence electrons. The van der Waals surface area contributed by atoms with Gasteiger partial charge in [0.2, 0.25) is 0 Å². The van der Waals surface area contributed by atoms with E-state index in [-0.39, 0.29) is 5.43 Å². The smallest absolute Gasteiger partial charge is 0.191 e. The van der Waals surface area contributed by atoms with Gasteiger partial charge in [-0.2, -0.15) is 0 Å². The molecule has 3 aromatic rings. The van der Waals surface area contributed by atoms with Gasteiger partial charge in [0.15, 0.2) is 5.43 Å². The Hall–Kier alpha value is -2.62. The molecule has 3 rings (SSSR count). The van der Waals surface area contributed by atoms with Crippen molar-refractivity contribution >= 4 is 11.0 Å². The molecule has 0 aliphatic heterocycles. The van der Waals surface area contributed by atoms with E-state index in [1.165, 1.54) is 0 Å². The number of hydrogen-bond donors (Lipinski definition) is 1. The maximum absolute atomic E-state index is 12.0. The Morgan fingerprint density at radius 3 is 2.68 bits per heavy atom. The van der Waals surface area contributed by atoms with E-state index in [2.05, 4.69) is 9.97 Å². The fraction of sp³-hybridized carbons (Fsp3) is 0.0667. The number of pyridine rings is 2. The molecule has 0 fully saturated rings. The number of nitrogens with one attached hydrogen (secondary N) is 1. The Balaban J connectivity index is 2.16. The molecular weight excluding hydrogens is 240 g/mol. The lowest BCUT2D eigenvalue weighted by molar-refractivity contribution is 0.415. The highest BCUT2D eigenvalue weighted by atomic mass is 16.5. The number of hydrogen-bond acceptors (Lipinski definition) is 3. The minimum absolute atomic E-state index is 0.0346. The molecule has 0 aliphatic rings. The molecule has 0 amide bonds. The van der Waals surface area contributed by atoms with Gasteiger partial charge in [0.25, 0.3) is 0 Å². The van der Waals surface area contributed by atoms with E-state index >= 15 is 0 Å². The summed E-state index contributed by atoms with van der Waals surface area (Å²) in [6.45, 7) is 0. The normalized spacial score (nSPS) is 10.6. The minimum Gasteiger partial charge on any atom is -0.497 e. The number of fused-ring (bicyclic) bond motifs is 1. The summed E-state index contributed by atoms with van der Waals surface area (Å²) in [5, 5.41) is 0.597. The van der Waals surface area contributed by atoms with Gasteiger partial charge in [-0.15, -0.1) is 0 Å². The second-order valence-electron chi connectivity index (χ2n) is 4.18. The van der Waals surface area contributed by atoms with Crippen molar-refractivity contribution in [3.05, 3.63) is 58.9 Å². The van der Waals surface area contributed by atoms with E-state index in [0.717, 1.165) is 17.0 Å². The Morgan fingerprint density at radius 1 is 1.16 bits per heavy atom. The summed E-state index contributed by atoms with van der Waals surface area (Å²) in [5.41, 5.74) is 2.23. The zero-order valence-electron chi connectivity index (χ0n) is 10.4. The molecule has 0 saturated heterocycles. The fourth-order valence-electron chi connectivity index (χ4n) is 2.00. The van der Waals surface area contributed by atoms with Crippen molar-refractivity contribution in [2.75, 3.05) is 7.11 Å². The van der Waals surface area contributed by atoms with Crippen LogP contribution in [-0.2, 0) is 0 Å². The number of H-pyrrole nitrogens is 1. The quantitative estimate of drug-likeness (QED) is 0.762. The van der Waals surface area contributed by atoms with E-state index in [0.29, 0.717) is 11.0 Å². The average Bonchev–Trinajstić information content (AvgIpc) is 2.47. The van der Waals surface area contributed by atoms with Crippen molar-refractivity contribution < 1.29 is 4.74 Å². The lowest BCUT2D eigenvalue weighted by atomic mass is 10.1. The first-order valence-corrected chi connectivity index (χ1v) is 5.90. The van der Waals surface area contributed by atoms with Crippen molar-refractivity contribution in [3.8, 4) is 17.0 Å². The number of methoxy groups -OCH3 is 1. The highest BCUT2D eigenvalue weighted by Crippen LogP contribution is 2.20. The Bertz CT molecular complexity index is 776. The minimum atomic E-state index is -0.0346. The number of ether oxygens (including phenoxy) is 1. The summed E-state index contributed by atoms with van der Waals surface area (Å²) in [5.74, 6) is 0.782. The molecule has 4 heteroatoms. The molecule has 2 aromatic heterocycles. The van der Waals surface area contributed by atoms with Gasteiger partial charge in [-0.1, -0.05) is 0 Å². The Labute approximate surface area is 109 Å². The maximum Gasteiger partial charge on any atom is 0.191 e. The van der Waals surface area contributed by atoms with Crippen LogP contribution in [0.15, 0.2) is 53.5 Å². The first kappa shape index (κ1) is 11.5. The van der Waals surface area contributed by atoms with Crippen LogP contribution in [-0.4, -0.2) is 17.1 Å². The summed E-state index contributed by atoms with van der Waals surface area (Å²) in [7, 11) is 1.62. The van der Waals surface area contributed by atoms with Gasteiger partial charge < -0.3 is 9.72 Å². The van der Waals surface area contributed by atoms with Crippen LogP contribution in [0.3, 0.4) is 0 Å². The molecule has 0 atom stereocenters. The number of nitrogens with zero attached hydrogens (tertiary/aromatic N) is 1. The molecule has 0 radical (unpaired) electrons. The van der Waals surface area contributed by atoms with Crippen LogP contribution in [0.5, 0.6) is 5.75 Å². The van der Waals surface area contributed by atoms with Gasteiger partial charge in [0.05, 0.1) is 18.2 Å². The van der Waals surface area contributed by atoms with E-state index in [9.17, 15) is 4.79 Å². The Morgan fingerprint density at radius 2 is 1.95 bits per heavy atom. The van der Waals surface area contributed by atoms with Crippen molar-refractivity contribution in [2.24, 2.45) is 0 Å². The van der Waals surface area contributed by atoms with Gasteiger partial charge >= 0.3 is 0 Å². The molecule has 19 heavy (non-hydrogen) atoms. The summed E-state index contributed by atoms with van der Waals surface area (Å²) in [6, 6.07) is 12.6. The highest BCUT2D eigenvalue weighted by Gasteiger charge is 2.04. The maximum atomic E-state index is 12.0. The predicted octanol–water partition coefficient (Wildman–Crippen LogP) is 2.60. The number of aromatic nitrogens is 2. The van der Waals surface area contributed by atoms with Crippen molar-refractivity contribution in [1.29, 1.82) is 0 Å². The van der Waals surface area contributed by atoms with Crippen LogP contribution >= 0.6 is 0 Å². The first-order chi connectivity index (χ1) is 9.28. The molecule has 0 spiro atoms. The third-order valence-corrected chi connectivity index (χ3v) is 3.00. The van der Waals surface area contributed by atoms with Crippen LogP contribution in [0.4, 0.5) is 0 Å². The molecule has 1 aromatic carbocycles. The zero-order valence-corrected chi connectivity index (χ0v) is 10.4. The van der Waals surface area contributed by atoms with Crippen LogP contribution in [0.25, 0.3) is 22.3 Å². The second-order valence-corrected chi connectivity index (χ2v) is 4.18. The SMILES string of the molecule is COc1ccc(-c2cc(=O)c3cccnc3[nH]2)cc1. The van der Waals surface area contributed by atoms with Crippen molar-refractivity contribution in [2.45, 2.75) is 0 Å². The molecule has 4 nitrogen and oxygen atoms in total. The van der Waals surface area contributed by atoms with Gasteiger partial charge in [-0.05, 0) is 42.0 Å². The van der Waals surface area contributed by atoms with Gasteiger partial charge in [-0.25, -0.2) is 4.98 Å². The molecular formula is C15H12N2O2. The third-order valence-electron chi connectivity index (χ3n) is 3.00. The van der Waals surface area contributed by atoms with Crippen LogP contribution < -0.4 is 10.2 Å². The Kier molecular flexibility index (Phi) is 2.76. The van der Waals surface area contributed by atoms with Gasteiger partial charge in [0.1, 0.15) is 11.4 Å². The standard InChI is InChI=1S/C15H12N2O2/c1-19-11-6-4-10(5-7-11)13-9-14(18)12-3-2-8-16-15(12)17-13/h2-9H,1H3,(H,16,17,18). The highest BCUT2D eigenvalue weighted by molar-refractivity contribution is 5.77. The molecule has 0 saturated carbocycles.